The third-order valence-corrected chi connectivity index (χ3v) is 3.15. The molecular weight excluding hydrogens is 264 g/mol. The monoisotopic (exact) mass is 282 g/mol. The van der Waals surface area contributed by atoms with Crippen LogP contribution in [0.1, 0.15) is 22.8 Å². The molecule has 0 atom stereocenters. The first-order valence-corrected chi connectivity index (χ1v) is 6.78. The van der Waals surface area contributed by atoms with Gasteiger partial charge in [0.15, 0.2) is 0 Å². The van der Waals surface area contributed by atoms with Crippen molar-refractivity contribution in [1.29, 1.82) is 5.41 Å². The maximum atomic E-state index is 11.6. The van der Waals surface area contributed by atoms with Crippen LogP contribution in [0.25, 0.3) is 0 Å². The molecule has 0 aliphatic heterocycles. The number of ether oxygens (including phenoxy) is 1. The number of benzene rings is 2. The minimum atomic E-state index is -0.329. The maximum Gasteiger partial charge on any atom is 0.338 e. The van der Waals surface area contributed by atoms with Crippen LogP contribution in [0.4, 0.5) is 5.69 Å². The standard InChI is InChI=1S/C17H18N2O2/c1-3-21-17(20)14-9-11-15(12-10-14)19(2)16(18)13-7-5-4-6-8-13/h4-12,18H,3H2,1-2H3. The summed E-state index contributed by atoms with van der Waals surface area (Å²) in [7, 11) is 1.83. The Morgan fingerprint density at radius 3 is 2.24 bits per heavy atom. The predicted molar refractivity (Wildman–Crippen MR) is 84.1 cm³/mol. The quantitative estimate of drug-likeness (QED) is 0.531. The number of amidine groups is 1. The number of carbonyl (C=O) groups excluding carboxylic acids is 1. The first kappa shape index (κ1) is 14.8. The molecule has 0 fully saturated rings. The van der Waals surface area contributed by atoms with Gasteiger partial charge in [-0.05, 0) is 31.2 Å². The highest BCUT2D eigenvalue weighted by molar-refractivity contribution is 6.07. The molecule has 0 unspecified atom stereocenters. The van der Waals surface area contributed by atoms with Crippen LogP contribution < -0.4 is 4.90 Å². The van der Waals surface area contributed by atoms with Crippen molar-refractivity contribution in [1.82, 2.24) is 0 Å². The molecular formula is C17H18N2O2. The van der Waals surface area contributed by atoms with Gasteiger partial charge in [0.2, 0.25) is 0 Å². The summed E-state index contributed by atoms with van der Waals surface area (Å²) < 4.78 is 4.95. The Morgan fingerprint density at radius 1 is 1.05 bits per heavy atom. The molecule has 0 amide bonds. The van der Waals surface area contributed by atoms with Crippen molar-refractivity contribution in [2.75, 3.05) is 18.6 Å². The Balaban J connectivity index is 2.15. The molecule has 0 radical (unpaired) electrons. The van der Waals surface area contributed by atoms with E-state index in [9.17, 15) is 4.79 Å². The highest BCUT2D eigenvalue weighted by Crippen LogP contribution is 2.17. The summed E-state index contributed by atoms with van der Waals surface area (Å²) in [6.07, 6.45) is 0. The average molecular weight is 282 g/mol. The normalized spacial score (nSPS) is 10.0. The van der Waals surface area contributed by atoms with E-state index < -0.39 is 0 Å². The first-order chi connectivity index (χ1) is 10.1. The van der Waals surface area contributed by atoms with Crippen LogP contribution in [-0.2, 0) is 4.74 Å². The van der Waals surface area contributed by atoms with Gasteiger partial charge in [-0.25, -0.2) is 4.79 Å². The maximum absolute atomic E-state index is 11.6. The molecule has 0 spiro atoms. The second kappa shape index (κ2) is 6.70. The highest BCUT2D eigenvalue weighted by atomic mass is 16.5. The molecule has 4 nitrogen and oxygen atoms in total. The molecule has 1 N–H and O–H groups in total. The van der Waals surface area contributed by atoms with Gasteiger partial charge in [-0.2, -0.15) is 0 Å². The lowest BCUT2D eigenvalue weighted by Crippen LogP contribution is -2.26. The molecule has 0 saturated carbocycles. The van der Waals surface area contributed by atoms with E-state index in [0.29, 0.717) is 18.0 Å². The number of carbonyl (C=O) groups is 1. The zero-order chi connectivity index (χ0) is 15.2. The smallest absolute Gasteiger partial charge is 0.338 e. The van der Waals surface area contributed by atoms with Gasteiger partial charge < -0.3 is 9.64 Å². The summed E-state index contributed by atoms with van der Waals surface area (Å²) in [6.45, 7) is 2.14. The van der Waals surface area contributed by atoms with Crippen LogP contribution in [-0.4, -0.2) is 25.5 Å². The Morgan fingerprint density at radius 2 is 1.67 bits per heavy atom. The first-order valence-electron chi connectivity index (χ1n) is 6.78. The number of anilines is 1. The van der Waals surface area contributed by atoms with E-state index in [2.05, 4.69) is 0 Å². The Hall–Kier alpha value is -2.62. The number of nitrogens with zero attached hydrogens (tertiary/aromatic N) is 1. The van der Waals surface area contributed by atoms with Gasteiger partial charge in [0, 0.05) is 18.3 Å². The van der Waals surface area contributed by atoms with Crippen LogP contribution in [0.5, 0.6) is 0 Å². The van der Waals surface area contributed by atoms with Gasteiger partial charge in [0.25, 0.3) is 0 Å². The van der Waals surface area contributed by atoms with Gasteiger partial charge in [-0.15, -0.1) is 0 Å². The SMILES string of the molecule is CCOC(=O)c1ccc(N(C)C(=N)c2ccccc2)cc1. The Labute approximate surface area is 124 Å². The van der Waals surface area contributed by atoms with E-state index in [1.807, 2.05) is 49.5 Å². The van der Waals surface area contributed by atoms with Gasteiger partial charge in [0.05, 0.1) is 12.2 Å². The van der Waals surface area contributed by atoms with Gasteiger partial charge in [-0.3, -0.25) is 5.41 Å². The minimum Gasteiger partial charge on any atom is -0.462 e. The molecule has 0 saturated heterocycles. The average Bonchev–Trinajstić information content (AvgIpc) is 2.54. The van der Waals surface area contributed by atoms with E-state index in [1.54, 1.807) is 24.0 Å². The number of nitrogens with one attached hydrogen (secondary N) is 1. The molecule has 2 rings (SSSR count). The number of esters is 1. The van der Waals surface area contributed by atoms with Gasteiger partial charge >= 0.3 is 5.97 Å². The summed E-state index contributed by atoms with van der Waals surface area (Å²) in [5.74, 6) is 0.0734. The third-order valence-electron chi connectivity index (χ3n) is 3.15. The van der Waals surface area contributed by atoms with Crippen LogP contribution >= 0.6 is 0 Å². The lowest BCUT2D eigenvalue weighted by atomic mass is 10.1. The van der Waals surface area contributed by atoms with E-state index in [-0.39, 0.29) is 5.97 Å². The zero-order valence-electron chi connectivity index (χ0n) is 12.2. The topological polar surface area (TPSA) is 53.4 Å². The minimum absolute atomic E-state index is 0.329. The lowest BCUT2D eigenvalue weighted by Gasteiger charge is -2.20. The Kier molecular flexibility index (Phi) is 4.72. The molecule has 21 heavy (non-hydrogen) atoms. The third kappa shape index (κ3) is 3.48. The van der Waals surface area contributed by atoms with E-state index >= 15 is 0 Å². The largest absolute Gasteiger partial charge is 0.462 e. The van der Waals surface area contributed by atoms with Crippen LogP contribution in [0.15, 0.2) is 54.6 Å². The van der Waals surface area contributed by atoms with Crippen molar-refractivity contribution in [3.05, 3.63) is 65.7 Å². The summed E-state index contributed by atoms with van der Waals surface area (Å²) in [4.78, 5) is 13.4. The zero-order valence-corrected chi connectivity index (χ0v) is 12.2. The second-order valence-corrected chi connectivity index (χ2v) is 4.54. The number of hydrogen-bond acceptors (Lipinski definition) is 3. The van der Waals surface area contributed by atoms with E-state index in [4.69, 9.17) is 10.1 Å². The summed E-state index contributed by atoms with van der Waals surface area (Å²) in [5.41, 5.74) is 2.20. The fraction of sp³-hybridized carbons (Fsp3) is 0.176. The number of hydrogen-bond donors (Lipinski definition) is 1. The molecule has 0 heterocycles. The number of rotatable bonds is 4. The second-order valence-electron chi connectivity index (χ2n) is 4.54. The molecule has 0 bridgehead atoms. The van der Waals surface area contributed by atoms with Gasteiger partial charge in [-0.1, -0.05) is 30.3 Å². The molecule has 2 aromatic carbocycles. The van der Waals surface area contributed by atoms with Crippen molar-refractivity contribution < 1.29 is 9.53 Å². The van der Waals surface area contributed by atoms with Crippen molar-refractivity contribution in [2.24, 2.45) is 0 Å². The lowest BCUT2D eigenvalue weighted by molar-refractivity contribution is 0.0526. The fourth-order valence-corrected chi connectivity index (χ4v) is 1.95. The van der Waals surface area contributed by atoms with Crippen molar-refractivity contribution in [3.8, 4) is 0 Å². The highest BCUT2D eigenvalue weighted by Gasteiger charge is 2.11. The molecule has 0 aromatic heterocycles. The summed E-state index contributed by atoms with van der Waals surface area (Å²) in [5, 5.41) is 8.21. The van der Waals surface area contributed by atoms with Crippen molar-refractivity contribution >= 4 is 17.5 Å². The van der Waals surface area contributed by atoms with Gasteiger partial charge in [0.1, 0.15) is 5.84 Å². The van der Waals surface area contributed by atoms with Crippen LogP contribution in [0.2, 0.25) is 0 Å². The van der Waals surface area contributed by atoms with E-state index in [0.717, 1.165) is 11.3 Å². The summed E-state index contributed by atoms with van der Waals surface area (Å²) in [6, 6.07) is 16.6. The van der Waals surface area contributed by atoms with Crippen molar-refractivity contribution in [3.63, 3.8) is 0 Å². The molecule has 0 aliphatic rings. The molecule has 2 aromatic rings. The van der Waals surface area contributed by atoms with Crippen LogP contribution in [0.3, 0.4) is 0 Å². The predicted octanol–water partition coefficient (Wildman–Crippen LogP) is 3.33. The van der Waals surface area contributed by atoms with Crippen LogP contribution in [0, 0.1) is 5.41 Å². The fourth-order valence-electron chi connectivity index (χ4n) is 1.95. The Bertz CT molecular complexity index is 621. The van der Waals surface area contributed by atoms with E-state index in [1.165, 1.54) is 0 Å². The molecule has 108 valence electrons. The van der Waals surface area contributed by atoms with Crippen molar-refractivity contribution in [2.45, 2.75) is 6.92 Å². The molecule has 0 aliphatic carbocycles. The summed E-state index contributed by atoms with van der Waals surface area (Å²) >= 11 is 0. The molecule has 4 heteroatoms.